The highest BCUT2D eigenvalue weighted by Crippen LogP contribution is 2.48. The maximum Gasteiger partial charge on any atom is 0.200 e. The van der Waals surface area contributed by atoms with Crippen molar-refractivity contribution in [1.82, 2.24) is 0 Å². The van der Waals surface area contributed by atoms with Gasteiger partial charge >= 0.3 is 0 Å². The molecule has 0 radical (unpaired) electrons. The maximum absolute atomic E-state index is 14.9. The summed E-state index contributed by atoms with van der Waals surface area (Å²) >= 11 is 0. The summed E-state index contributed by atoms with van der Waals surface area (Å²) in [6.45, 7) is 7.22. The van der Waals surface area contributed by atoms with Crippen molar-refractivity contribution in [2.24, 2.45) is 35.5 Å². The second-order valence-corrected chi connectivity index (χ2v) is 13.8. The quantitative estimate of drug-likeness (QED) is 0.267. The van der Waals surface area contributed by atoms with Gasteiger partial charge in [-0.3, -0.25) is 0 Å². The van der Waals surface area contributed by atoms with Gasteiger partial charge in [-0.1, -0.05) is 19.1 Å². The standard InChI is InChI=1S/C36H54F2O2/c1-3-5-6-25-7-21-33(40-24-25)31-18-14-29(15-19-31)27-10-8-26(9-11-27)28-12-16-30(17-13-28)32-20-22-34(39-23-4-2)36(38)35(32)37/h3,20,22,25-31,33H,1,4-19,21,23-24H2,2H3. The van der Waals surface area contributed by atoms with E-state index < -0.39 is 11.6 Å². The van der Waals surface area contributed by atoms with Gasteiger partial charge in [0.25, 0.3) is 0 Å². The molecule has 0 aromatic heterocycles. The van der Waals surface area contributed by atoms with Crippen molar-refractivity contribution in [3.05, 3.63) is 42.0 Å². The molecule has 0 N–H and O–H groups in total. The van der Waals surface area contributed by atoms with E-state index in [-0.39, 0.29) is 11.7 Å². The minimum absolute atomic E-state index is 0.0531. The van der Waals surface area contributed by atoms with E-state index in [0.717, 1.165) is 80.6 Å². The molecular weight excluding hydrogens is 502 g/mol. The molecule has 1 aromatic carbocycles. The molecule has 3 saturated carbocycles. The first-order chi connectivity index (χ1) is 19.6. The fourth-order valence-electron chi connectivity index (χ4n) is 8.94. The predicted octanol–water partition coefficient (Wildman–Crippen LogP) is 10.4. The van der Waals surface area contributed by atoms with Crippen molar-refractivity contribution in [2.75, 3.05) is 13.2 Å². The zero-order chi connectivity index (χ0) is 27.9. The molecule has 0 bridgehead atoms. The summed E-state index contributed by atoms with van der Waals surface area (Å²) in [5.74, 6) is 3.71. The zero-order valence-electron chi connectivity index (χ0n) is 25.1. The highest BCUT2D eigenvalue weighted by Gasteiger charge is 2.37. The van der Waals surface area contributed by atoms with Gasteiger partial charge in [-0.2, -0.15) is 4.39 Å². The van der Waals surface area contributed by atoms with Crippen LogP contribution in [0.4, 0.5) is 8.78 Å². The van der Waals surface area contributed by atoms with Crippen LogP contribution in [0.3, 0.4) is 0 Å². The largest absolute Gasteiger partial charge is 0.490 e. The summed E-state index contributed by atoms with van der Waals surface area (Å²) in [5, 5.41) is 0. The summed E-state index contributed by atoms with van der Waals surface area (Å²) in [4.78, 5) is 0. The van der Waals surface area contributed by atoms with Gasteiger partial charge in [0, 0.05) is 6.61 Å². The van der Waals surface area contributed by atoms with Crippen molar-refractivity contribution in [2.45, 2.75) is 128 Å². The highest BCUT2D eigenvalue weighted by molar-refractivity contribution is 5.33. The molecular formula is C36H54F2O2. The second kappa shape index (κ2) is 14.7. The lowest BCUT2D eigenvalue weighted by molar-refractivity contribution is -0.0617. The molecule has 0 spiro atoms. The Morgan fingerprint density at radius 2 is 1.35 bits per heavy atom. The molecule has 0 amide bonds. The highest BCUT2D eigenvalue weighted by atomic mass is 19.2. The first-order valence-electron chi connectivity index (χ1n) is 16.9. The molecule has 2 unspecified atom stereocenters. The summed E-state index contributed by atoms with van der Waals surface area (Å²) in [5.41, 5.74) is 0.560. The Labute approximate surface area is 242 Å². The summed E-state index contributed by atoms with van der Waals surface area (Å²) in [7, 11) is 0. The van der Waals surface area contributed by atoms with E-state index in [1.165, 1.54) is 70.6 Å². The van der Waals surface area contributed by atoms with Crippen molar-refractivity contribution in [1.29, 1.82) is 0 Å². The molecule has 1 heterocycles. The van der Waals surface area contributed by atoms with Gasteiger partial charge in [-0.05, 0) is 162 Å². The number of rotatable bonds is 10. The smallest absolute Gasteiger partial charge is 0.200 e. The minimum atomic E-state index is -0.806. The third-order valence-electron chi connectivity index (χ3n) is 11.4. The topological polar surface area (TPSA) is 18.5 Å². The minimum Gasteiger partial charge on any atom is -0.490 e. The Bertz CT molecular complexity index is 915. The van der Waals surface area contributed by atoms with Gasteiger partial charge in [0.15, 0.2) is 11.6 Å². The van der Waals surface area contributed by atoms with E-state index in [2.05, 4.69) is 6.58 Å². The Hall–Kier alpha value is -1.42. The molecule has 2 nitrogen and oxygen atoms in total. The summed E-state index contributed by atoms with van der Waals surface area (Å²) in [6, 6.07) is 3.41. The number of halogens is 2. The maximum atomic E-state index is 14.9. The van der Waals surface area contributed by atoms with E-state index >= 15 is 0 Å². The van der Waals surface area contributed by atoms with Gasteiger partial charge in [-0.25, -0.2) is 4.39 Å². The van der Waals surface area contributed by atoms with Crippen LogP contribution < -0.4 is 4.74 Å². The average Bonchev–Trinajstić information content (AvgIpc) is 3.01. The Kier molecular flexibility index (Phi) is 11.0. The van der Waals surface area contributed by atoms with Crippen LogP contribution in [0.15, 0.2) is 24.8 Å². The van der Waals surface area contributed by atoms with Crippen molar-refractivity contribution in [3.8, 4) is 5.75 Å². The Morgan fingerprint density at radius 1 is 0.775 bits per heavy atom. The van der Waals surface area contributed by atoms with Crippen molar-refractivity contribution < 1.29 is 18.3 Å². The molecule has 224 valence electrons. The number of allylic oxidation sites excluding steroid dienone is 1. The van der Waals surface area contributed by atoms with Crippen molar-refractivity contribution in [3.63, 3.8) is 0 Å². The molecule has 5 rings (SSSR count). The van der Waals surface area contributed by atoms with Crippen LogP contribution in [0.2, 0.25) is 0 Å². The van der Waals surface area contributed by atoms with E-state index in [1.807, 2.05) is 13.0 Å². The molecule has 3 aliphatic carbocycles. The fourth-order valence-corrected chi connectivity index (χ4v) is 8.94. The van der Waals surface area contributed by atoms with Gasteiger partial charge in [-0.15, -0.1) is 6.58 Å². The molecule has 1 aliphatic heterocycles. The SMILES string of the molecule is C=CCCC1CCC(C2CCC(C3CCC(C4CCC(c5ccc(OCCC)c(F)c5F)CC4)CC3)CC2)OC1. The second-order valence-electron chi connectivity index (χ2n) is 13.8. The first-order valence-corrected chi connectivity index (χ1v) is 16.9. The van der Waals surface area contributed by atoms with E-state index in [9.17, 15) is 8.78 Å². The monoisotopic (exact) mass is 556 g/mol. The van der Waals surface area contributed by atoms with Crippen LogP contribution in [-0.2, 0) is 4.74 Å². The normalized spacial score (nSPS) is 35.3. The van der Waals surface area contributed by atoms with Crippen LogP contribution >= 0.6 is 0 Å². The lowest BCUT2D eigenvalue weighted by Crippen LogP contribution is -2.35. The predicted molar refractivity (Wildman–Crippen MR) is 160 cm³/mol. The van der Waals surface area contributed by atoms with Crippen molar-refractivity contribution >= 4 is 0 Å². The van der Waals surface area contributed by atoms with Gasteiger partial charge in [0.1, 0.15) is 0 Å². The molecule has 1 saturated heterocycles. The lowest BCUT2D eigenvalue weighted by Gasteiger charge is -2.43. The van der Waals surface area contributed by atoms with E-state index in [0.29, 0.717) is 18.3 Å². The van der Waals surface area contributed by atoms with E-state index in [1.54, 1.807) is 12.1 Å². The van der Waals surface area contributed by atoms with Gasteiger partial charge in [0.05, 0.1) is 12.7 Å². The molecule has 40 heavy (non-hydrogen) atoms. The fraction of sp³-hybridized carbons (Fsp3) is 0.778. The number of benzene rings is 1. The molecule has 4 fully saturated rings. The van der Waals surface area contributed by atoms with Crippen LogP contribution in [0.25, 0.3) is 0 Å². The van der Waals surface area contributed by atoms with Crippen LogP contribution in [0.1, 0.15) is 128 Å². The summed E-state index contributed by atoms with van der Waals surface area (Å²) in [6.07, 6.45) is 23.8. The third-order valence-corrected chi connectivity index (χ3v) is 11.4. The summed E-state index contributed by atoms with van der Waals surface area (Å²) < 4.78 is 41.2. The third kappa shape index (κ3) is 7.31. The number of hydrogen-bond donors (Lipinski definition) is 0. The molecule has 4 aliphatic rings. The average molecular weight is 557 g/mol. The van der Waals surface area contributed by atoms with Crippen LogP contribution in [-0.4, -0.2) is 19.3 Å². The molecule has 2 atom stereocenters. The van der Waals surface area contributed by atoms with E-state index in [4.69, 9.17) is 9.47 Å². The van der Waals surface area contributed by atoms with Crippen LogP contribution in [0, 0.1) is 47.1 Å². The number of ether oxygens (including phenoxy) is 2. The van der Waals surface area contributed by atoms with Gasteiger partial charge < -0.3 is 9.47 Å². The van der Waals surface area contributed by atoms with Crippen LogP contribution in [0.5, 0.6) is 5.75 Å². The molecule has 1 aromatic rings. The molecule has 4 heteroatoms. The Balaban J connectivity index is 1.01. The lowest BCUT2D eigenvalue weighted by atomic mass is 9.64. The number of hydrogen-bond acceptors (Lipinski definition) is 2. The first kappa shape index (κ1) is 30.1. The zero-order valence-corrected chi connectivity index (χ0v) is 25.1. The van der Waals surface area contributed by atoms with Gasteiger partial charge in [0.2, 0.25) is 5.82 Å². The Morgan fingerprint density at radius 3 is 1.88 bits per heavy atom.